The number of hydrogen-bond donors (Lipinski definition) is 0. The molecule has 0 bridgehead atoms. The van der Waals surface area contributed by atoms with E-state index < -0.39 is 0 Å². The van der Waals surface area contributed by atoms with E-state index in [9.17, 15) is 9.59 Å². The highest BCUT2D eigenvalue weighted by Gasteiger charge is 2.29. The largest absolute Gasteiger partial charge is 0.466 e. The molecule has 1 aliphatic heterocycles. The molecule has 0 spiro atoms. The van der Waals surface area contributed by atoms with Crippen LogP contribution in [0.4, 0.5) is 0 Å². The molecule has 6 nitrogen and oxygen atoms in total. The Morgan fingerprint density at radius 2 is 2.21 bits per heavy atom. The summed E-state index contributed by atoms with van der Waals surface area (Å²) in [5, 5.41) is 6.71. The first-order valence-electron chi connectivity index (χ1n) is 9.79. The highest BCUT2D eigenvalue weighted by molar-refractivity contribution is 7.14. The molecule has 1 amide bonds. The first-order valence-corrected chi connectivity index (χ1v) is 11.6. The number of amides is 1. The number of esters is 1. The number of ether oxygens (including phenoxy) is 1. The molecule has 3 rings (SSSR count). The Labute approximate surface area is 174 Å². The number of carbonyl (C=O) groups excluding carboxylic acids is 2. The normalized spacial score (nSPS) is 17.0. The number of nitrogens with zero attached hydrogens (tertiary/aromatic N) is 3. The van der Waals surface area contributed by atoms with Crippen molar-refractivity contribution in [3.8, 4) is 10.6 Å². The number of likely N-dealkylation sites (N-methyl/N-ethyl adjacent to an activating group) is 1. The molecule has 0 aliphatic carbocycles. The number of hydrogen-bond acceptors (Lipinski definition) is 7. The van der Waals surface area contributed by atoms with Gasteiger partial charge in [0, 0.05) is 35.5 Å². The Bertz CT molecular complexity index is 776. The number of carbonyl (C=O) groups is 2. The third kappa shape index (κ3) is 5.18. The van der Waals surface area contributed by atoms with E-state index in [4.69, 9.17) is 4.74 Å². The molecule has 2 aromatic rings. The molecule has 1 saturated heterocycles. The Kier molecular flexibility index (Phi) is 7.58. The molecule has 0 radical (unpaired) electrons. The molecule has 1 fully saturated rings. The van der Waals surface area contributed by atoms with Crippen molar-refractivity contribution in [3.63, 3.8) is 0 Å². The summed E-state index contributed by atoms with van der Waals surface area (Å²) in [5.74, 6) is -0.374. The van der Waals surface area contributed by atoms with Crippen LogP contribution in [0, 0.1) is 0 Å². The van der Waals surface area contributed by atoms with Gasteiger partial charge in [-0.15, -0.1) is 11.3 Å². The summed E-state index contributed by atoms with van der Waals surface area (Å²) < 4.78 is 5.04. The zero-order valence-corrected chi connectivity index (χ0v) is 18.1. The minimum absolute atomic E-state index is 0.106. The monoisotopic (exact) mass is 421 g/mol. The van der Waals surface area contributed by atoms with Crippen LogP contribution in [0.3, 0.4) is 0 Å². The molecular formula is C20H27N3O3S2. The fourth-order valence-corrected chi connectivity index (χ4v) is 5.07. The highest BCUT2D eigenvalue weighted by Crippen LogP contribution is 2.26. The van der Waals surface area contributed by atoms with Gasteiger partial charge in [-0.1, -0.05) is 6.92 Å². The number of likely N-dealkylation sites (tertiary alicyclic amines) is 1. The minimum atomic E-state index is -0.267. The molecule has 152 valence electrons. The van der Waals surface area contributed by atoms with Gasteiger partial charge in [-0.2, -0.15) is 11.3 Å². The van der Waals surface area contributed by atoms with Crippen LogP contribution in [0.2, 0.25) is 0 Å². The molecule has 0 aromatic carbocycles. The van der Waals surface area contributed by atoms with Gasteiger partial charge in [0.1, 0.15) is 10.7 Å². The van der Waals surface area contributed by atoms with E-state index in [2.05, 4.69) is 16.8 Å². The Morgan fingerprint density at radius 3 is 2.93 bits per heavy atom. The fourth-order valence-electron chi connectivity index (χ4n) is 3.56. The molecule has 0 N–H and O–H groups in total. The Balaban J connectivity index is 1.72. The number of thiazole rings is 1. The quantitative estimate of drug-likeness (QED) is 0.577. The van der Waals surface area contributed by atoms with E-state index in [1.165, 1.54) is 11.3 Å². The predicted molar refractivity (Wildman–Crippen MR) is 113 cm³/mol. The van der Waals surface area contributed by atoms with Gasteiger partial charge in [0.05, 0.1) is 13.0 Å². The average molecular weight is 422 g/mol. The van der Waals surface area contributed by atoms with Crippen LogP contribution in [0.1, 0.15) is 43.6 Å². The van der Waals surface area contributed by atoms with Gasteiger partial charge < -0.3 is 9.64 Å². The van der Waals surface area contributed by atoms with Crippen LogP contribution in [0.25, 0.3) is 10.6 Å². The lowest BCUT2D eigenvalue weighted by Crippen LogP contribution is -2.44. The van der Waals surface area contributed by atoms with Crippen LogP contribution in [-0.2, 0) is 9.53 Å². The third-order valence-electron chi connectivity index (χ3n) is 5.01. The zero-order valence-electron chi connectivity index (χ0n) is 16.4. The van der Waals surface area contributed by atoms with Crippen molar-refractivity contribution in [3.05, 3.63) is 27.9 Å². The van der Waals surface area contributed by atoms with E-state index in [0.717, 1.165) is 36.5 Å². The summed E-state index contributed by atoms with van der Waals surface area (Å²) in [4.78, 5) is 33.8. The van der Waals surface area contributed by atoms with Gasteiger partial charge in [-0.05, 0) is 44.3 Å². The van der Waals surface area contributed by atoms with Crippen molar-refractivity contribution in [1.82, 2.24) is 14.8 Å². The zero-order chi connectivity index (χ0) is 19.9. The maximum atomic E-state index is 13.2. The second-order valence-corrected chi connectivity index (χ2v) is 8.42. The number of aromatic nitrogens is 1. The molecular weight excluding hydrogens is 394 g/mol. The van der Waals surface area contributed by atoms with Crippen molar-refractivity contribution < 1.29 is 14.3 Å². The van der Waals surface area contributed by atoms with Crippen LogP contribution in [0.5, 0.6) is 0 Å². The van der Waals surface area contributed by atoms with E-state index in [1.807, 2.05) is 22.2 Å². The summed E-state index contributed by atoms with van der Waals surface area (Å²) in [5.41, 5.74) is 1.50. The third-order valence-corrected chi connectivity index (χ3v) is 6.58. The van der Waals surface area contributed by atoms with Crippen LogP contribution < -0.4 is 0 Å². The van der Waals surface area contributed by atoms with E-state index in [1.54, 1.807) is 23.2 Å². The average Bonchev–Trinajstić information content (AvgIpc) is 3.45. The summed E-state index contributed by atoms with van der Waals surface area (Å²) >= 11 is 3.09. The molecule has 3 heterocycles. The van der Waals surface area contributed by atoms with Crippen molar-refractivity contribution in [1.29, 1.82) is 0 Å². The van der Waals surface area contributed by atoms with Crippen LogP contribution in [0.15, 0.2) is 22.2 Å². The molecule has 1 unspecified atom stereocenters. The number of thiophene rings is 1. The van der Waals surface area contributed by atoms with Crippen molar-refractivity contribution in [2.45, 2.75) is 39.2 Å². The summed E-state index contributed by atoms with van der Waals surface area (Å²) in [6.07, 6.45) is 2.44. The van der Waals surface area contributed by atoms with Gasteiger partial charge >= 0.3 is 5.97 Å². The lowest BCUT2D eigenvalue weighted by molar-refractivity contribution is -0.143. The van der Waals surface area contributed by atoms with Crippen molar-refractivity contribution in [2.24, 2.45) is 0 Å². The lowest BCUT2D eigenvalue weighted by Gasteiger charge is -2.29. The van der Waals surface area contributed by atoms with Gasteiger partial charge in [0.2, 0.25) is 0 Å². The van der Waals surface area contributed by atoms with Crippen molar-refractivity contribution >= 4 is 34.6 Å². The summed E-state index contributed by atoms with van der Waals surface area (Å²) in [6.45, 7) is 7.32. The SMILES string of the molecule is CCOC(=O)CCN(CC1CCCN1CC)C(=O)c1csc(-c2ccsc2)n1. The van der Waals surface area contributed by atoms with E-state index >= 15 is 0 Å². The van der Waals surface area contributed by atoms with Crippen LogP contribution >= 0.6 is 22.7 Å². The summed E-state index contributed by atoms with van der Waals surface area (Å²) in [7, 11) is 0. The van der Waals surface area contributed by atoms with E-state index in [-0.39, 0.29) is 18.3 Å². The predicted octanol–water partition coefficient (Wildman–Crippen LogP) is 3.75. The van der Waals surface area contributed by atoms with E-state index in [0.29, 0.717) is 31.4 Å². The molecule has 28 heavy (non-hydrogen) atoms. The highest BCUT2D eigenvalue weighted by atomic mass is 32.1. The smallest absolute Gasteiger partial charge is 0.307 e. The number of rotatable bonds is 9. The first kappa shape index (κ1) is 21.0. The molecule has 1 aliphatic rings. The van der Waals surface area contributed by atoms with Gasteiger partial charge in [0.25, 0.3) is 5.91 Å². The lowest BCUT2D eigenvalue weighted by atomic mass is 10.2. The van der Waals surface area contributed by atoms with Gasteiger partial charge in [0.15, 0.2) is 0 Å². The topological polar surface area (TPSA) is 62.7 Å². The maximum Gasteiger partial charge on any atom is 0.307 e. The van der Waals surface area contributed by atoms with Gasteiger partial charge in [-0.25, -0.2) is 4.98 Å². The first-order chi connectivity index (χ1) is 13.6. The standard InChI is InChI=1S/C20H27N3O3S2/c1-3-22-9-5-6-16(22)12-23(10-7-18(24)26-4-2)20(25)17-14-28-19(21-17)15-8-11-27-13-15/h8,11,13-14,16H,3-7,9-10,12H2,1-2H3. The molecule has 2 aromatic heterocycles. The minimum Gasteiger partial charge on any atom is -0.466 e. The van der Waals surface area contributed by atoms with Crippen molar-refractivity contribution in [2.75, 3.05) is 32.8 Å². The van der Waals surface area contributed by atoms with Gasteiger partial charge in [-0.3, -0.25) is 14.5 Å². The maximum absolute atomic E-state index is 13.2. The fraction of sp³-hybridized carbons (Fsp3) is 0.550. The summed E-state index contributed by atoms with van der Waals surface area (Å²) in [6, 6.07) is 2.35. The molecule has 0 saturated carbocycles. The van der Waals surface area contributed by atoms with Crippen LogP contribution in [-0.4, -0.2) is 65.5 Å². The Morgan fingerprint density at radius 1 is 1.36 bits per heavy atom. The Hall–Kier alpha value is -1.77. The molecule has 1 atom stereocenters. The second-order valence-electron chi connectivity index (χ2n) is 6.78. The molecule has 8 heteroatoms. The second kappa shape index (κ2) is 10.1.